The molecule has 7 nitrogen and oxygen atoms in total. The highest BCUT2D eigenvalue weighted by molar-refractivity contribution is 5.92. The molecule has 3 rings (SSSR count). The largest absolute Gasteiger partial charge is 0.439 e. The van der Waals surface area contributed by atoms with Crippen LogP contribution in [0.25, 0.3) is 5.82 Å². The maximum absolute atomic E-state index is 12.1. The first-order valence-corrected chi connectivity index (χ1v) is 8.60. The van der Waals surface area contributed by atoms with E-state index in [1.54, 1.807) is 35.3 Å². The van der Waals surface area contributed by atoms with Gasteiger partial charge in [-0.25, -0.2) is 14.6 Å². The molecule has 0 atom stereocenters. The molecule has 134 valence electrons. The van der Waals surface area contributed by atoms with E-state index in [1.807, 2.05) is 32.0 Å². The van der Waals surface area contributed by atoms with Crippen LogP contribution < -0.4 is 10.1 Å². The number of hydrogen-bond acceptors (Lipinski definition) is 5. The van der Waals surface area contributed by atoms with Crippen LogP contribution in [0.1, 0.15) is 26.7 Å². The van der Waals surface area contributed by atoms with Crippen molar-refractivity contribution in [3.63, 3.8) is 0 Å². The van der Waals surface area contributed by atoms with Gasteiger partial charge in [0.25, 0.3) is 0 Å². The first kappa shape index (κ1) is 17.6. The number of nitrogens with zero attached hydrogens (tertiary/aromatic N) is 4. The summed E-state index contributed by atoms with van der Waals surface area (Å²) in [5, 5.41) is 7.06. The van der Waals surface area contributed by atoms with Gasteiger partial charge in [0.2, 0.25) is 11.8 Å². The van der Waals surface area contributed by atoms with Gasteiger partial charge in [-0.15, -0.1) is 0 Å². The van der Waals surface area contributed by atoms with Crippen LogP contribution >= 0.6 is 0 Å². The second-order valence-electron chi connectivity index (χ2n) is 5.79. The summed E-state index contributed by atoms with van der Waals surface area (Å²) >= 11 is 0. The number of benzene rings is 1. The van der Waals surface area contributed by atoms with Crippen LogP contribution in [-0.4, -0.2) is 25.7 Å². The molecule has 0 aliphatic rings. The first-order chi connectivity index (χ1) is 12.7. The quantitative estimate of drug-likeness (QED) is 0.699. The zero-order valence-corrected chi connectivity index (χ0v) is 14.8. The predicted molar refractivity (Wildman–Crippen MR) is 98.4 cm³/mol. The third kappa shape index (κ3) is 4.24. The standard InChI is InChI=1S/C19H21N5O2/c1-3-14(4-2)19(25)23-15-6-8-16(9-7-15)26-18-12-17(20-13-21-18)24-11-5-10-22-24/h5-14H,3-4H2,1-2H3,(H,23,25). The van der Waals surface area contributed by atoms with E-state index in [-0.39, 0.29) is 11.8 Å². The number of aromatic nitrogens is 4. The van der Waals surface area contributed by atoms with Crippen molar-refractivity contribution in [2.75, 3.05) is 5.32 Å². The normalized spacial score (nSPS) is 10.7. The summed E-state index contributed by atoms with van der Waals surface area (Å²) in [5.41, 5.74) is 0.745. The van der Waals surface area contributed by atoms with Crippen molar-refractivity contribution in [3.05, 3.63) is 55.1 Å². The number of amides is 1. The third-order valence-electron chi connectivity index (χ3n) is 4.07. The van der Waals surface area contributed by atoms with E-state index in [9.17, 15) is 4.79 Å². The van der Waals surface area contributed by atoms with Gasteiger partial charge in [0.05, 0.1) is 0 Å². The SMILES string of the molecule is CCC(CC)C(=O)Nc1ccc(Oc2cc(-n3cccn3)ncn2)cc1. The van der Waals surface area contributed by atoms with Crippen molar-refractivity contribution in [1.29, 1.82) is 0 Å². The van der Waals surface area contributed by atoms with Gasteiger partial charge in [-0.1, -0.05) is 13.8 Å². The van der Waals surface area contributed by atoms with E-state index in [1.165, 1.54) is 6.33 Å². The van der Waals surface area contributed by atoms with Gasteiger partial charge in [0, 0.05) is 30.1 Å². The fraction of sp³-hybridized carbons (Fsp3) is 0.263. The Morgan fingerprint density at radius 2 is 1.96 bits per heavy atom. The maximum Gasteiger partial charge on any atom is 0.227 e. The van der Waals surface area contributed by atoms with E-state index in [0.29, 0.717) is 17.4 Å². The minimum absolute atomic E-state index is 0.0349. The molecule has 0 saturated carbocycles. The monoisotopic (exact) mass is 351 g/mol. The van der Waals surface area contributed by atoms with Crippen LogP contribution in [0.3, 0.4) is 0 Å². The van der Waals surface area contributed by atoms with Gasteiger partial charge in [-0.05, 0) is 43.2 Å². The van der Waals surface area contributed by atoms with E-state index in [2.05, 4.69) is 20.4 Å². The van der Waals surface area contributed by atoms with Crippen LogP contribution in [0.4, 0.5) is 5.69 Å². The Hall–Kier alpha value is -3.22. The van der Waals surface area contributed by atoms with Crippen LogP contribution in [0.15, 0.2) is 55.1 Å². The lowest BCUT2D eigenvalue weighted by atomic mass is 10.0. The molecular weight excluding hydrogens is 330 g/mol. The Morgan fingerprint density at radius 1 is 1.19 bits per heavy atom. The van der Waals surface area contributed by atoms with E-state index in [0.717, 1.165) is 18.5 Å². The van der Waals surface area contributed by atoms with Crippen molar-refractivity contribution < 1.29 is 9.53 Å². The maximum atomic E-state index is 12.1. The number of rotatable bonds is 7. The second kappa shape index (κ2) is 8.24. The molecule has 2 aromatic heterocycles. The smallest absolute Gasteiger partial charge is 0.227 e. The highest BCUT2D eigenvalue weighted by atomic mass is 16.5. The van der Waals surface area contributed by atoms with Gasteiger partial charge < -0.3 is 10.1 Å². The van der Waals surface area contributed by atoms with Crippen LogP contribution in [0, 0.1) is 5.92 Å². The molecule has 1 aromatic carbocycles. The molecule has 0 unspecified atom stereocenters. The summed E-state index contributed by atoms with van der Waals surface area (Å²) < 4.78 is 7.39. The zero-order chi connectivity index (χ0) is 18.4. The van der Waals surface area contributed by atoms with Gasteiger partial charge in [0.1, 0.15) is 12.1 Å². The Balaban J connectivity index is 1.66. The number of nitrogens with one attached hydrogen (secondary N) is 1. The highest BCUT2D eigenvalue weighted by Gasteiger charge is 2.14. The molecule has 0 bridgehead atoms. The van der Waals surface area contributed by atoms with Gasteiger partial charge in [-0.2, -0.15) is 5.10 Å². The molecule has 3 aromatic rings. The summed E-state index contributed by atoms with van der Waals surface area (Å²) in [5.74, 6) is 1.74. The molecule has 0 fully saturated rings. The number of hydrogen-bond donors (Lipinski definition) is 1. The summed E-state index contributed by atoms with van der Waals surface area (Å²) in [6.45, 7) is 4.04. The molecular formula is C19H21N5O2. The molecule has 0 radical (unpaired) electrons. The minimum atomic E-state index is 0.0349. The molecule has 1 amide bonds. The Kier molecular flexibility index (Phi) is 5.58. The average Bonchev–Trinajstić information content (AvgIpc) is 3.19. The van der Waals surface area contributed by atoms with E-state index < -0.39 is 0 Å². The summed E-state index contributed by atoms with van der Waals surface area (Å²) in [7, 11) is 0. The number of ether oxygens (including phenoxy) is 1. The Labute approximate surface area is 152 Å². The molecule has 2 heterocycles. The minimum Gasteiger partial charge on any atom is -0.439 e. The van der Waals surface area contributed by atoms with E-state index in [4.69, 9.17) is 4.74 Å². The fourth-order valence-corrected chi connectivity index (χ4v) is 2.55. The molecule has 0 aliphatic carbocycles. The van der Waals surface area contributed by atoms with Gasteiger partial charge in [-0.3, -0.25) is 4.79 Å². The van der Waals surface area contributed by atoms with Crippen molar-refractivity contribution in [1.82, 2.24) is 19.7 Å². The van der Waals surface area contributed by atoms with Gasteiger partial charge >= 0.3 is 0 Å². The Morgan fingerprint density at radius 3 is 2.62 bits per heavy atom. The summed E-state index contributed by atoms with van der Waals surface area (Å²) in [6.07, 6.45) is 6.56. The topological polar surface area (TPSA) is 81.9 Å². The van der Waals surface area contributed by atoms with Gasteiger partial charge in [0.15, 0.2) is 5.82 Å². The van der Waals surface area contributed by atoms with Crippen molar-refractivity contribution in [3.8, 4) is 17.4 Å². The van der Waals surface area contributed by atoms with Crippen LogP contribution in [0.5, 0.6) is 11.6 Å². The summed E-state index contributed by atoms with van der Waals surface area (Å²) in [4.78, 5) is 20.4. The number of carbonyl (C=O) groups is 1. The van der Waals surface area contributed by atoms with Crippen molar-refractivity contribution in [2.24, 2.45) is 5.92 Å². The van der Waals surface area contributed by atoms with Crippen molar-refractivity contribution in [2.45, 2.75) is 26.7 Å². The highest BCUT2D eigenvalue weighted by Crippen LogP contribution is 2.23. The molecule has 7 heteroatoms. The molecule has 1 N–H and O–H groups in total. The lowest BCUT2D eigenvalue weighted by Gasteiger charge is -2.13. The molecule has 26 heavy (non-hydrogen) atoms. The predicted octanol–water partition coefficient (Wildman–Crippen LogP) is 3.83. The third-order valence-corrected chi connectivity index (χ3v) is 4.07. The number of carbonyl (C=O) groups excluding carboxylic acids is 1. The average molecular weight is 351 g/mol. The molecule has 0 spiro atoms. The molecule has 0 aliphatic heterocycles. The molecule has 0 saturated heterocycles. The summed E-state index contributed by atoms with van der Waals surface area (Å²) in [6, 6.07) is 10.7. The first-order valence-electron chi connectivity index (χ1n) is 8.60. The lowest BCUT2D eigenvalue weighted by Crippen LogP contribution is -2.21. The van der Waals surface area contributed by atoms with Crippen LogP contribution in [-0.2, 0) is 4.79 Å². The van der Waals surface area contributed by atoms with Crippen LogP contribution in [0.2, 0.25) is 0 Å². The fourth-order valence-electron chi connectivity index (χ4n) is 2.55. The zero-order valence-electron chi connectivity index (χ0n) is 14.8. The Bertz CT molecular complexity index is 843. The number of anilines is 1. The van der Waals surface area contributed by atoms with Crippen molar-refractivity contribution >= 4 is 11.6 Å². The second-order valence-corrected chi connectivity index (χ2v) is 5.79. The lowest BCUT2D eigenvalue weighted by molar-refractivity contribution is -0.120. The van der Waals surface area contributed by atoms with E-state index >= 15 is 0 Å².